The maximum absolute atomic E-state index is 13.0. The van der Waals surface area contributed by atoms with Crippen molar-refractivity contribution in [3.05, 3.63) is 23.8 Å². The summed E-state index contributed by atoms with van der Waals surface area (Å²) in [5.41, 5.74) is -0.244. The molecule has 3 amide bonds. The number of nitrogens with zero attached hydrogens (tertiary/aromatic N) is 2. The van der Waals surface area contributed by atoms with Crippen molar-refractivity contribution in [1.82, 2.24) is 15.1 Å². The number of hydrogen-bond acceptors (Lipinski definition) is 5. The molecular weight excluding hydrogens is 410 g/mol. The predicted molar refractivity (Wildman–Crippen MR) is 119 cm³/mol. The van der Waals surface area contributed by atoms with Crippen LogP contribution >= 0.6 is 0 Å². The van der Waals surface area contributed by atoms with E-state index in [1.807, 2.05) is 4.90 Å². The van der Waals surface area contributed by atoms with Gasteiger partial charge in [0.2, 0.25) is 11.8 Å². The van der Waals surface area contributed by atoms with Crippen LogP contribution in [-0.2, 0) is 9.59 Å². The molecule has 3 aliphatic heterocycles. The fourth-order valence-corrected chi connectivity index (χ4v) is 4.98. The first-order chi connectivity index (χ1) is 15.3. The fraction of sp³-hybridized carbons (Fsp3) is 0.625. The second-order valence-corrected chi connectivity index (χ2v) is 9.34. The molecule has 3 atom stereocenters. The van der Waals surface area contributed by atoms with E-state index < -0.39 is 5.60 Å². The summed E-state index contributed by atoms with van der Waals surface area (Å²) in [4.78, 5) is 42.0. The molecule has 3 heterocycles. The number of amides is 3. The Hall–Kier alpha value is -2.77. The number of piperidine rings is 1. The monoisotopic (exact) mass is 443 g/mol. The zero-order chi connectivity index (χ0) is 22.9. The Labute approximate surface area is 189 Å². The molecule has 2 saturated heterocycles. The highest BCUT2D eigenvalue weighted by Crippen LogP contribution is 2.35. The molecule has 0 aromatic heterocycles. The van der Waals surface area contributed by atoms with Crippen LogP contribution in [0, 0.1) is 5.92 Å². The number of nitrogens with one attached hydrogen (secondary N) is 1. The maximum atomic E-state index is 13.0. The summed E-state index contributed by atoms with van der Waals surface area (Å²) in [5, 5.41) is 2.95. The van der Waals surface area contributed by atoms with E-state index in [0.717, 1.165) is 19.4 Å². The van der Waals surface area contributed by atoms with Crippen LogP contribution in [0.3, 0.4) is 0 Å². The molecule has 3 unspecified atom stereocenters. The SMILES string of the molecule is COc1ccc2c(c1)OC1(CCC(=O)N(CC(=O)N3CCCC(C)C3C)CC1)CNC2=O. The molecule has 8 nitrogen and oxygen atoms in total. The molecule has 1 aromatic carbocycles. The minimum Gasteiger partial charge on any atom is -0.497 e. The van der Waals surface area contributed by atoms with E-state index in [1.54, 1.807) is 30.2 Å². The number of benzene rings is 1. The largest absolute Gasteiger partial charge is 0.497 e. The molecule has 1 N–H and O–H groups in total. The highest BCUT2D eigenvalue weighted by molar-refractivity contribution is 5.97. The minimum absolute atomic E-state index is 0.0125. The van der Waals surface area contributed by atoms with Gasteiger partial charge in [-0.3, -0.25) is 14.4 Å². The molecule has 0 radical (unpaired) electrons. The third-order valence-corrected chi connectivity index (χ3v) is 7.34. The first-order valence-corrected chi connectivity index (χ1v) is 11.5. The van der Waals surface area contributed by atoms with E-state index in [1.165, 1.54) is 0 Å². The number of carbonyl (C=O) groups is 3. The normalized spacial score (nSPS) is 28.3. The van der Waals surface area contributed by atoms with Gasteiger partial charge >= 0.3 is 0 Å². The van der Waals surface area contributed by atoms with Crippen molar-refractivity contribution in [2.45, 2.75) is 57.6 Å². The Morgan fingerprint density at radius 3 is 2.84 bits per heavy atom. The summed E-state index contributed by atoms with van der Waals surface area (Å²) >= 11 is 0. The summed E-state index contributed by atoms with van der Waals surface area (Å²) in [6.07, 6.45) is 3.42. The number of ether oxygens (including phenoxy) is 2. The van der Waals surface area contributed by atoms with Gasteiger partial charge in [-0.05, 0) is 44.2 Å². The molecule has 8 heteroatoms. The molecule has 2 fully saturated rings. The summed E-state index contributed by atoms with van der Waals surface area (Å²) < 4.78 is 11.7. The van der Waals surface area contributed by atoms with Gasteiger partial charge in [0.15, 0.2) is 0 Å². The number of likely N-dealkylation sites (tertiary alicyclic amines) is 2. The van der Waals surface area contributed by atoms with Crippen molar-refractivity contribution in [3.63, 3.8) is 0 Å². The average Bonchev–Trinajstić information content (AvgIpc) is 3.02. The first kappa shape index (κ1) is 22.4. The van der Waals surface area contributed by atoms with Gasteiger partial charge in [0.25, 0.3) is 5.91 Å². The van der Waals surface area contributed by atoms with Crippen LogP contribution in [0.2, 0.25) is 0 Å². The molecule has 3 aliphatic rings. The number of methoxy groups -OCH3 is 1. The van der Waals surface area contributed by atoms with Crippen molar-refractivity contribution in [3.8, 4) is 11.5 Å². The third-order valence-electron chi connectivity index (χ3n) is 7.34. The van der Waals surface area contributed by atoms with Gasteiger partial charge in [-0.2, -0.15) is 0 Å². The highest BCUT2D eigenvalue weighted by atomic mass is 16.5. The molecule has 0 aliphatic carbocycles. The predicted octanol–water partition coefficient (Wildman–Crippen LogP) is 2.22. The van der Waals surface area contributed by atoms with E-state index in [-0.39, 0.29) is 36.7 Å². The summed E-state index contributed by atoms with van der Waals surface area (Å²) in [6, 6.07) is 5.33. The van der Waals surface area contributed by atoms with Crippen LogP contribution in [-0.4, -0.2) is 72.5 Å². The van der Waals surface area contributed by atoms with E-state index in [0.29, 0.717) is 48.9 Å². The zero-order valence-corrected chi connectivity index (χ0v) is 19.2. The summed E-state index contributed by atoms with van der Waals surface area (Å²) in [7, 11) is 1.57. The van der Waals surface area contributed by atoms with Crippen LogP contribution in [0.4, 0.5) is 0 Å². The minimum atomic E-state index is -0.701. The van der Waals surface area contributed by atoms with Gasteiger partial charge in [-0.1, -0.05) is 6.92 Å². The van der Waals surface area contributed by atoms with Crippen LogP contribution < -0.4 is 14.8 Å². The fourth-order valence-electron chi connectivity index (χ4n) is 4.98. The summed E-state index contributed by atoms with van der Waals surface area (Å²) in [5.74, 6) is 1.31. The van der Waals surface area contributed by atoms with Crippen molar-refractivity contribution < 1.29 is 23.9 Å². The molecule has 0 bridgehead atoms. The Balaban J connectivity index is 1.48. The molecule has 4 rings (SSSR count). The van der Waals surface area contributed by atoms with Gasteiger partial charge in [0, 0.05) is 38.0 Å². The molecule has 1 spiro atoms. The van der Waals surface area contributed by atoms with E-state index in [9.17, 15) is 14.4 Å². The van der Waals surface area contributed by atoms with E-state index >= 15 is 0 Å². The second kappa shape index (κ2) is 9.00. The molecule has 32 heavy (non-hydrogen) atoms. The van der Waals surface area contributed by atoms with Crippen LogP contribution in [0.15, 0.2) is 18.2 Å². The van der Waals surface area contributed by atoms with Crippen molar-refractivity contribution in [2.24, 2.45) is 5.92 Å². The molecular formula is C24H33N3O5. The van der Waals surface area contributed by atoms with Gasteiger partial charge in [-0.25, -0.2) is 0 Å². The number of hydrogen-bond donors (Lipinski definition) is 1. The molecule has 1 aromatic rings. The van der Waals surface area contributed by atoms with Crippen molar-refractivity contribution in [1.29, 1.82) is 0 Å². The van der Waals surface area contributed by atoms with Crippen LogP contribution in [0.5, 0.6) is 11.5 Å². The zero-order valence-electron chi connectivity index (χ0n) is 19.2. The Bertz CT molecular complexity index is 904. The van der Waals surface area contributed by atoms with Gasteiger partial charge in [0.05, 0.1) is 25.8 Å². The lowest BCUT2D eigenvalue weighted by Crippen LogP contribution is -2.50. The lowest BCUT2D eigenvalue weighted by molar-refractivity contribution is -0.143. The lowest BCUT2D eigenvalue weighted by atomic mass is 9.92. The van der Waals surface area contributed by atoms with Crippen molar-refractivity contribution in [2.75, 3.05) is 33.3 Å². The van der Waals surface area contributed by atoms with E-state index in [2.05, 4.69) is 19.2 Å². The Morgan fingerprint density at radius 1 is 1.25 bits per heavy atom. The number of carbonyl (C=O) groups excluding carboxylic acids is 3. The number of rotatable bonds is 3. The van der Waals surface area contributed by atoms with Gasteiger partial charge in [-0.15, -0.1) is 0 Å². The molecule has 174 valence electrons. The Morgan fingerprint density at radius 2 is 2.06 bits per heavy atom. The quantitative estimate of drug-likeness (QED) is 0.774. The van der Waals surface area contributed by atoms with E-state index in [4.69, 9.17) is 9.47 Å². The number of fused-ring (bicyclic) bond motifs is 1. The molecule has 0 saturated carbocycles. The lowest BCUT2D eigenvalue weighted by Gasteiger charge is -2.39. The Kier molecular flexibility index (Phi) is 6.31. The smallest absolute Gasteiger partial charge is 0.255 e. The van der Waals surface area contributed by atoms with Crippen molar-refractivity contribution >= 4 is 17.7 Å². The summed E-state index contributed by atoms with van der Waals surface area (Å²) in [6.45, 7) is 5.85. The first-order valence-electron chi connectivity index (χ1n) is 11.5. The topological polar surface area (TPSA) is 88.2 Å². The highest BCUT2D eigenvalue weighted by Gasteiger charge is 2.41. The maximum Gasteiger partial charge on any atom is 0.255 e. The third kappa shape index (κ3) is 4.40. The average molecular weight is 444 g/mol. The standard InChI is InChI=1S/C24H33N3O5/c1-16-5-4-11-27(17(16)2)22(29)14-26-12-10-24(9-8-21(26)28)15-25-23(30)19-7-6-18(31-3)13-20(19)32-24/h6-7,13,16-17H,4-5,8-12,14-15H2,1-3H3,(H,25,30). The van der Waals surface area contributed by atoms with Gasteiger partial charge in [0.1, 0.15) is 17.1 Å². The van der Waals surface area contributed by atoms with Gasteiger partial charge < -0.3 is 24.6 Å². The van der Waals surface area contributed by atoms with Crippen LogP contribution in [0.1, 0.15) is 56.3 Å². The second-order valence-electron chi connectivity index (χ2n) is 9.34. The van der Waals surface area contributed by atoms with Crippen LogP contribution in [0.25, 0.3) is 0 Å².